The zero-order valence-corrected chi connectivity index (χ0v) is 20.1. The number of rotatable bonds is 5. The Balaban J connectivity index is 1.27. The van der Waals surface area contributed by atoms with E-state index in [1.165, 1.54) is 11.8 Å². The van der Waals surface area contributed by atoms with Gasteiger partial charge in [-0.2, -0.15) is 13.2 Å². The van der Waals surface area contributed by atoms with Crippen molar-refractivity contribution in [2.24, 2.45) is 0 Å². The molecule has 192 valence electrons. The molecule has 0 aliphatic carbocycles. The van der Waals surface area contributed by atoms with E-state index < -0.39 is 23.6 Å². The number of anilines is 3. The fourth-order valence-electron chi connectivity index (χ4n) is 3.86. The van der Waals surface area contributed by atoms with Gasteiger partial charge in [-0.3, -0.25) is 4.79 Å². The van der Waals surface area contributed by atoms with Crippen LogP contribution in [0.15, 0.2) is 88.8 Å². The standard InChI is InChI=1S/C27H18F4N4O2S/c28-16-9-15(27(29,30)31)10-19(11-16)34-26(37)33-18-3-1-5-20(12-18)38-21-6-7-22-23(13-17-4-2-8-32-17)25(36)35-24(22)14-21/h1-14,32H,(H,35,36)(H2,33,34,37). The largest absolute Gasteiger partial charge is 0.416 e. The van der Waals surface area contributed by atoms with Crippen LogP contribution in [0.1, 0.15) is 16.8 Å². The topological polar surface area (TPSA) is 86.0 Å². The first-order valence-electron chi connectivity index (χ1n) is 11.2. The Bertz CT molecular complexity index is 1570. The van der Waals surface area contributed by atoms with Gasteiger partial charge in [-0.15, -0.1) is 0 Å². The molecule has 0 radical (unpaired) electrons. The van der Waals surface area contributed by atoms with Crippen LogP contribution in [-0.2, 0) is 11.0 Å². The van der Waals surface area contributed by atoms with Gasteiger partial charge in [0.2, 0.25) is 0 Å². The first-order valence-corrected chi connectivity index (χ1v) is 12.0. The van der Waals surface area contributed by atoms with Gasteiger partial charge in [0.05, 0.1) is 16.8 Å². The third-order valence-electron chi connectivity index (χ3n) is 5.51. The van der Waals surface area contributed by atoms with Crippen molar-refractivity contribution in [2.45, 2.75) is 16.0 Å². The van der Waals surface area contributed by atoms with Crippen molar-refractivity contribution in [1.82, 2.24) is 4.98 Å². The number of H-pyrrole nitrogens is 1. The van der Waals surface area contributed by atoms with Gasteiger partial charge in [0, 0.05) is 38.6 Å². The van der Waals surface area contributed by atoms with E-state index in [1.807, 2.05) is 36.4 Å². The predicted octanol–water partition coefficient (Wildman–Crippen LogP) is 7.46. The van der Waals surface area contributed by atoms with Crippen LogP contribution >= 0.6 is 11.8 Å². The zero-order chi connectivity index (χ0) is 26.9. The molecule has 0 atom stereocenters. The van der Waals surface area contributed by atoms with E-state index in [9.17, 15) is 27.2 Å². The van der Waals surface area contributed by atoms with Crippen molar-refractivity contribution in [1.29, 1.82) is 0 Å². The van der Waals surface area contributed by atoms with Crippen LogP contribution in [0.3, 0.4) is 0 Å². The molecular weight excluding hydrogens is 520 g/mol. The Hall–Kier alpha value is -4.51. The predicted molar refractivity (Wildman–Crippen MR) is 138 cm³/mol. The van der Waals surface area contributed by atoms with Gasteiger partial charge < -0.3 is 20.9 Å². The molecule has 1 aliphatic rings. The highest BCUT2D eigenvalue weighted by atomic mass is 32.2. The first kappa shape index (κ1) is 25.2. The lowest BCUT2D eigenvalue weighted by Crippen LogP contribution is -2.20. The summed E-state index contributed by atoms with van der Waals surface area (Å²) in [5.74, 6) is -1.32. The molecular formula is C27H18F4N4O2S. The summed E-state index contributed by atoms with van der Waals surface area (Å²) in [7, 11) is 0. The monoisotopic (exact) mass is 538 g/mol. The minimum absolute atomic E-state index is 0.199. The normalized spacial score (nSPS) is 13.8. The molecule has 3 amide bonds. The van der Waals surface area contributed by atoms with E-state index >= 15 is 0 Å². The van der Waals surface area contributed by atoms with Crippen molar-refractivity contribution >= 4 is 52.4 Å². The average Bonchev–Trinajstić information content (AvgIpc) is 3.46. The van der Waals surface area contributed by atoms with Crippen molar-refractivity contribution in [2.75, 3.05) is 16.0 Å². The molecule has 0 saturated carbocycles. The molecule has 11 heteroatoms. The number of halogens is 4. The molecule has 0 saturated heterocycles. The highest BCUT2D eigenvalue weighted by molar-refractivity contribution is 7.99. The SMILES string of the molecule is O=C(Nc1cccc(Sc2ccc3c(c2)NC(=O)C3=Cc2ccc[nH]2)c1)Nc1cc(F)cc(C(F)(F)F)c1. The molecule has 4 N–H and O–H groups in total. The zero-order valence-electron chi connectivity index (χ0n) is 19.3. The van der Waals surface area contributed by atoms with Gasteiger partial charge in [0.25, 0.3) is 5.91 Å². The van der Waals surface area contributed by atoms with E-state index in [-0.39, 0.29) is 11.6 Å². The summed E-state index contributed by atoms with van der Waals surface area (Å²) in [6.45, 7) is 0. The maximum atomic E-state index is 13.6. The number of hydrogen-bond donors (Lipinski definition) is 4. The second kappa shape index (κ2) is 10.1. The van der Waals surface area contributed by atoms with Crippen LogP contribution in [-0.4, -0.2) is 16.9 Å². The molecule has 1 aromatic heterocycles. The van der Waals surface area contributed by atoms with Gasteiger partial charge >= 0.3 is 12.2 Å². The Morgan fingerprint density at radius 3 is 2.45 bits per heavy atom. The van der Waals surface area contributed by atoms with Gasteiger partial charge in [0.1, 0.15) is 5.82 Å². The third-order valence-corrected chi connectivity index (χ3v) is 6.49. The molecule has 1 aliphatic heterocycles. The molecule has 6 nitrogen and oxygen atoms in total. The highest BCUT2D eigenvalue weighted by Gasteiger charge is 2.31. The summed E-state index contributed by atoms with van der Waals surface area (Å²) >= 11 is 1.39. The molecule has 5 rings (SSSR count). The maximum Gasteiger partial charge on any atom is 0.416 e. The van der Waals surface area contributed by atoms with Gasteiger partial charge in [0.15, 0.2) is 0 Å². The van der Waals surface area contributed by atoms with Crippen molar-refractivity contribution in [3.63, 3.8) is 0 Å². The van der Waals surface area contributed by atoms with Crippen LogP contribution in [0.4, 0.5) is 39.4 Å². The van der Waals surface area contributed by atoms with E-state index in [4.69, 9.17) is 0 Å². The minimum Gasteiger partial charge on any atom is -0.362 e. The quantitative estimate of drug-likeness (QED) is 0.157. The number of aromatic amines is 1. The lowest BCUT2D eigenvalue weighted by molar-refractivity contribution is -0.137. The number of urea groups is 1. The second-order valence-electron chi connectivity index (χ2n) is 8.28. The number of hydrogen-bond acceptors (Lipinski definition) is 3. The summed E-state index contributed by atoms with van der Waals surface area (Å²) < 4.78 is 52.4. The summed E-state index contributed by atoms with van der Waals surface area (Å²) in [6.07, 6.45) is -1.19. The number of alkyl halides is 3. The maximum absolute atomic E-state index is 13.6. The second-order valence-corrected chi connectivity index (χ2v) is 9.43. The number of fused-ring (bicyclic) bond motifs is 1. The Morgan fingerprint density at radius 1 is 0.895 bits per heavy atom. The van der Waals surface area contributed by atoms with Crippen LogP contribution in [0, 0.1) is 5.82 Å². The van der Waals surface area contributed by atoms with Crippen LogP contribution in [0.5, 0.6) is 0 Å². The fourth-order valence-corrected chi connectivity index (χ4v) is 4.78. The summed E-state index contributed by atoms with van der Waals surface area (Å²) in [5.41, 5.74) is 1.68. The Morgan fingerprint density at radius 2 is 1.68 bits per heavy atom. The Labute approximate surface area is 218 Å². The number of nitrogens with one attached hydrogen (secondary N) is 4. The molecule has 4 aromatic rings. The van der Waals surface area contributed by atoms with Gasteiger partial charge in [-0.25, -0.2) is 9.18 Å². The van der Waals surface area contributed by atoms with Crippen LogP contribution in [0.25, 0.3) is 11.6 Å². The highest BCUT2D eigenvalue weighted by Crippen LogP contribution is 2.38. The molecule has 2 heterocycles. The van der Waals surface area contributed by atoms with E-state index in [2.05, 4.69) is 20.9 Å². The molecule has 3 aromatic carbocycles. The summed E-state index contributed by atoms with van der Waals surface area (Å²) in [5, 5.41) is 7.62. The van der Waals surface area contributed by atoms with Crippen LogP contribution < -0.4 is 16.0 Å². The third kappa shape index (κ3) is 5.73. The molecule has 0 unspecified atom stereocenters. The van der Waals surface area contributed by atoms with E-state index in [0.717, 1.165) is 27.1 Å². The number of carbonyl (C=O) groups is 2. The molecule has 0 bridgehead atoms. The fraction of sp³-hybridized carbons (Fsp3) is 0.0370. The smallest absolute Gasteiger partial charge is 0.362 e. The summed E-state index contributed by atoms with van der Waals surface area (Å²) in [6, 6.07) is 17.1. The van der Waals surface area contributed by atoms with Crippen LogP contribution in [0.2, 0.25) is 0 Å². The van der Waals surface area contributed by atoms with E-state index in [1.54, 1.807) is 30.5 Å². The lowest BCUT2D eigenvalue weighted by Gasteiger charge is -2.12. The molecule has 0 fully saturated rings. The molecule has 0 spiro atoms. The number of amides is 3. The van der Waals surface area contributed by atoms with Crippen molar-refractivity contribution in [3.05, 3.63) is 102 Å². The summed E-state index contributed by atoms with van der Waals surface area (Å²) in [4.78, 5) is 29.5. The Kier molecular flexibility index (Phi) is 6.68. The number of carbonyl (C=O) groups excluding carboxylic acids is 2. The number of aromatic nitrogens is 1. The number of benzene rings is 3. The van der Waals surface area contributed by atoms with Crippen molar-refractivity contribution < 1.29 is 27.2 Å². The van der Waals surface area contributed by atoms with Gasteiger partial charge in [-0.05, 0) is 66.7 Å². The van der Waals surface area contributed by atoms with Gasteiger partial charge in [-0.1, -0.05) is 23.9 Å². The van der Waals surface area contributed by atoms with E-state index in [0.29, 0.717) is 29.1 Å². The first-order chi connectivity index (χ1) is 18.1. The lowest BCUT2D eigenvalue weighted by atomic mass is 10.1. The minimum atomic E-state index is -4.75. The average molecular weight is 539 g/mol. The molecule has 38 heavy (non-hydrogen) atoms. The van der Waals surface area contributed by atoms with Crippen molar-refractivity contribution in [3.8, 4) is 0 Å².